The third kappa shape index (κ3) is 3.50. The number of benzene rings is 1. The minimum Gasteiger partial charge on any atom is -0.508 e. The normalized spacial score (nSPS) is 16.4. The van der Waals surface area contributed by atoms with Gasteiger partial charge in [-0.3, -0.25) is 9.36 Å². The van der Waals surface area contributed by atoms with Crippen LogP contribution in [0.1, 0.15) is 37.0 Å². The smallest absolute Gasteiger partial charge is 0.338 e. The zero-order valence-corrected chi connectivity index (χ0v) is 17.5. The summed E-state index contributed by atoms with van der Waals surface area (Å²) in [6.07, 6.45) is 1.67. The summed E-state index contributed by atoms with van der Waals surface area (Å²) >= 11 is 1.23. The number of ether oxygens (including phenoxy) is 1. The number of aryl methyl sites for hydroxylation is 1. The van der Waals surface area contributed by atoms with Crippen LogP contribution in [0.3, 0.4) is 0 Å². The number of phenolic OH excluding ortho intramolecular Hbond substituents is 1. The Labute approximate surface area is 175 Å². The van der Waals surface area contributed by atoms with E-state index in [1.807, 2.05) is 13.0 Å². The molecule has 0 saturated carbocycles. The lowest BCUT2D eigenvalue weighted by molar-refractivity contribution is -0.139. The molecule has 0 aliphatic carbocycles. The summed E-state index contributed by atoms with van der Waals surface area (Å²) < 4.78 is 12.8. The maximum absolute atomic E-state index is 13.3. The lowest BCUT2D eigenvalue weighted by atomic mass is 9.96. The van der Waals surface area contributed by atoms with Crippen molar-refractivity contribution >= 4 is 23.4 Å². The van der Waals surface area contributed by atoms with Crippen molar-refractivity contribution in [3.8, 4) is 5.75 Å². The largest absolute Gasteiger partial charge is 0.508 e. The first kappa shape index (κ1) is 19.9. The second-order valence-electron chi connectivity index (χ2n) is 6.84. The number of carbonyl (C=O) groups excluding carboxylic acids is 1. The number of esters is 1. The molecule has 30 heavy (non-hydrogen) atoms. The molecule has 1 N–H and O–H groups in total. The summed E-state index contributed by atoms with van der Waals surface area (Å²) in [7, 11) is 0. The summed E-state index contributed by atoms with van der Waals surface area (Å²) in [4.78, 5) is 31.1. The van der Waals surface area contributed by atoms with Gasteiger partial charge in [0.25, 0.3) is 5.56 Å². The van der Waals surface area contributed by atoms with E-state index < -0.39 is 12.0 Å². The van der Waals surface area contributed by atoms with Gasteiger partial charge in [-0.15, -0.1) is 0 Å². The standard InChI is InChI=1S/C22H20N2O5S/c1-4-28-21(27)18-13(3)23-22-24(19(18)14-6-8-15(25)9-7-14)20(26)17(30-22)11-16-10-5-12(2)29-16/h5-11,19,25H,4H2,1-3H3/b17-11+. The first-order valence-corrected chi connectivity index (χ1v) is 10.3. The van der Waals surface area contributed by atoms with E-state index in [1.54, 1.807) is 38.1 Å². The lowest BCUT2D eigenvalue weighted by Gasteiger charge is -2.24. The van der Waals surface area contributed by atoms with Gasteiger partial charge in [-0.25, -0.2) is 9.79 Å². The van der Waals surface area contributed by atoms with Crippen molar-refractivity contribution in [2.75, 3.05) is 6.61 Å². The third-order valence-corrected chi connectivity index (χ3v) is 5.74. The van der Waals surface area contributed by atoms with Crippen LogP contribution in [-0.2, 0) is 9.53 Å². The number of allylic oxidation sites excluding steroid dienone is 1. The highest BCUT2D eigenvalue weighted by Crippen LogP contribution is 2.31. The van der Waals surface area contributed by atoms with Crippen LogP contribution < -0.4 is 14.9 Å². The number of hydrogen-bond donors (Lipinski definition) is 1. The van der Waals surface area contributed by atoms with Crippen LogP contribution in [0.5, 0.6) is 5.75 Å². The lowest BCUT2D eigenvalue weighted by Crippen LogP contribution is -2.39. The van der Waals surface area contributed by atoms with E-state index in [9.17, 15) is 14.7 Å². The van der Waals surface area contributed by atoms with Crippen molar-refractivity contribution in [3.63, 3.8) is 0 Å². The number of aromatic nitrogens is 1. The Balaban J connectivity index is 1.96. The van der Waals surface area contributed by atoms with Crippen LogP contribution in [0.4, 0.5) is 0 Å². The fourth-order valence-corrected chi connectivity index (χ4v) is 4.45. The van der Waals surface area contributed by atoms with E-state index in [4.69, 9.17) is 9.15 Å². The Morgan fingerprint density at radius 3 is 2.63 bits per heavy atom. The topological polar surface area (TPSA) is 94.0 Å². The van der Waals surface area contributed by atoms with Gasteiger partial charge in [0.1, 0.15) is 17.3 Å². The fraction of sp³-hybridized carbons (Fsp3) is 0.227. The molecule has 1 aliphatic heterocycles. The predicted molar refractivity (Wildman–Crippen MR) is 112 cm³/mol. The molecule has 1 aromatic carbocycles. The molecule has 154 valence electrons. The predicted octanol–water partition coefficient (Wildman–Crippen LogP) is 2.41. The van der Waals surface area contributed by atoms with Crippen LogP contribution in [-0.4, -0.2) is 22.2 Å². The van der Waals surface area contributed by atoms with E-state index in [1.165, 1.54) is 28.0 Å². The van der Waals surface area contributed by atoms with E-state index in [0.717, 1.165) is 5.76 Å². The molecule has 3 heterocycles. The molecule has 4 rings (SSSR count). The van der Waals surface area contributed by atoms with Crippen LogP contribution in [0.25, 0.3) is 6.08 Å². The van der Waals surface area contributed by atoms with Crippen LogP contribution in [0, 0.1) is 6.92 Å². The summed E-state index contributed by atoms with van der Waals surface area (Å²) in [5, 5.41) is 9.68. The fourth-order valence-electron chi connectivity index (χ4n) is 3.42. The maximum atomic E-state index is 13.3. The minimum absolute atomic E-state index is 0.0951. The van der Waals surface area contributed by atoms with Gasteiger partial charge in [-0.2, -0.15) is 0 Å². The van der Waals surface area contributed by atoms with E-state index in [2.05, 4.69) is 4.99 Å². The zero-order valence-electron chi connectivity index (χ0n) is 16.7. The molecule has 0 saturated heterocycles. The molecule has 1 aliphatic rings. The molecule has 0 bridgehead atoms. The van der Waals surface area contributed by atoms with Crippen LogP contribution in [0.2, 0.25) is 0 Å². The molecule has 0 radical (unpaired) electrons. The number of rotatable bonds is 4. The number of nitrogens with zero attached hydrogens (tertiary/aromatic N) is 2. The molecular weight excluding hydrogens is 404 g/mol. The Morgan fingerprint density at radius 2 is 2.00 bits per heavy atom. The molecule has 7 nitrogen and oxygen atoms in total. The molecule has 0 fully saturated rings. The van der Waals surface area contributed by atoms with Gasteiger partial charge in [0.2, 0.25) is 0 Å². The molecule has 0 spiro atoms. The molecule has 8 heteroatoms. The van der Waals surface area contributed by atoms with Crippen molar-refractivity contribution in [1.82, 2.24) is 4.57 Å². The van der Waals surface area contributed by atoms with Crippen LogP contribution in [0.15, 0.2) is 61.9 Å². The summed E-state index contributed by atoms with van der Waals surface area (Å²) in [5.41, 5.74) is 1.19. The average molecular weight is 424 g/mol. The third-order valence-electron chi connectivity index (χ3n) is 4.76. The van der Waals surface area contributed by atoms with Crippen LogP contribution >= 0.6 is 11.3 Å². The van der Waals surface area contributed by atoms with Gasteiger partial charge in [0, 0.05) is 6.08 Å². The number of aromatic hydroxyl groups is 1. The van der Waals surface area contributed by atoms with E-state index >= 15 is 0 Å². The highest BCUT2D eigenvalue weighted by Gasteiger charge is 2.33. The molecule has 3 aromatic rings. The Bertz CT molecular complexity index is 1330. The van der Waals surface area contributed by atoms with Crippen molar-refractivity contribution < 1.29 is 19.1 Å². The number of thiazole rings is 1. The SMILES string of the molecule is CCOC(=O)C1=C(C)N=c2s/c(=C/c3ccc(C)o3)c(=O)n2C1c1ccc(O)cc1. The summed E-state index contributed by atoms with van der Waals surface area (Å²) in [6, 6.07) is 9.33. The Morgan fingerprint density at radius 1 is 1.27 bits per heavy atom. The molecule has 1 unspecified atom stereocenters. The molecule has 2 aromatic heterocycles. The van der Waals surface area contributed by atoms with Crippen molar-refractivity contribution in [2.45, 2.75) is 26.8 Å². The monoisotopic (exact) mass is 424 g/mol. The summed E-state index contributed by atoms with van der Waals surface area (Å²) in [6.45, 7) is 5.50. The minimum atomic E-state index is -0.707. The first-order chi connectivity index (χ1) is 14.4. The number of carbonyl (C=O) groups is 1. The number of furan rings is 1. The van der Waals surface area contributed by atoms with Gasteiger partial charge >= 0.3 is 5.97 Å². The van der Waals surface area contributed by atoms with Gasteiger partial charge in [-0.05, 0) is 50.6 Å². The number of fused-ring (bicyclic) bond motifs is 1. The highest BCUT2D eigenvalue weighted by molar-refractivity contribution is 7.07. The first-order valence-electron chi connectivity index (χ1n) is 9.44. The highest BCUT2D eigenvalue weighted by atomic mass is 32.1. The molecule has 1 atom stereocenters. The average Bonchev–Trinajstić information content (AvgIpc) is 3.24. The second kappa shape index (κ2) is 7.79. The maximum Gasteiger partial charge on any atom is 0.338 e. The van der Waals surface area contributed by atoms with Crippen molar-refractivity contribution in [3.05, 3.63) is 84.4 Å². The van der Waals surface area contributed by atoms with Gasteiger partial charge < -0.3 is 14.3 Å². The van der Waals surface area contributed by atoms with E-state index in [0.29, 0.717) is 31.9 Å². The van der Waals surface area contributed by atoms with Crippen molar-refractivity contribution in [2.24, 2.45) is 4.99 Å². The Kier molecular flexibility index (Phi) is 5.17. The van der Waals surface area contributed by atoms with E-state index in [-0.39, 0.29) is 17.9 Å². The number of phenols is 1. The van der Waals surface area contributed by atoms with Gasteiger partial charge in [-0.1, -0.05) is 23.5 Å². The van der Waals surface area contributed by atoms with Gasteiger partial charge in [0.15, 0.2) is 4.80 Å². The number of hydrogen-bond acceptors (Lipinski definition) is 7. The summed E-state index contributed by atoms with van der Waals surface area (Å²) in [5.74, 6) is 0.891. The van der Waals surface area contributed by atoms with Crippen molar-refractivity contribution in [1.29, 1.82) is 0 Å². The quantitative estimate of drug-likeness (QED) is 0.649. The second-order valence-corrected chi connectivity index (χ2v) is 7.85. The molecule has 0 amide bonds. The van der Waals surface area contributed by atoms with Gasteiger partial charge in [0.05, 0.1) is 28.5 Å². The molecular formula is C22H20N2O5S. The zero-order chi connectivity index (χ0) is 21.4. The Hall–Kier alpha value is -3.39.